The van der Waals surface area contributed by atoms with Crippen molar-refractivity contribution in [3.8, 4) is 0 Å². The lowest BCUT2D eigenvalue weighted by Crippen LogP contribution is -2.49. The first-order valence-corrected chi connectivity index (χ1v) is 6.31. The topological polar surface area (TPSA) is 54.5 Å². The van der Waals surface area contributed by atoms with Gasteiger partial charge in [-0.15, -0.1) is 12.4 Å². The second-order valence-corrected chi connectivity index (χ2v) is 4.59. The highest BCUT2D eigenvalue weighted by atomic mass is 35.5. The van der Waals surface area contributed by atoms with Gasteiger partial charge in [-0.1, -0.05) is 0 Å². The number of nitrogens with zero attached hydrogens (tertiary/aromatic N) is 4. The predicted octanol–water partition coefficient (Wildman–Crippen LogP) is 1.40. The van der Waals surface area contributed by atoms with E-state index < -0.39 is 0 Å². The van der Waals surface area contributed by atoms with Gasteiger partial charge in [0, 0.05) is 45.6 Å². The van der Waals surface area contributed by atoms with E-state index in [0.29, 0.717) is 18.8 Å². The number of anilines is 1. The average Bonchev–Trinajstić information content (AvgIpc) is 3.09. The maximum atomic E-state index is 12.1. The molecule has 1 amide bonds. The highest BCUT2D eigenvalue weighted by Crippen LogP contribution is 2.14. The van der Waals surface area contributed by atoms with Crippen LogP contribution in [0, 0.1) is 0 Å². The van der Waals surface area contributed by atoms with Crippen molar-refractivity contribution in [1.82, 2.24) is 14.5 Å². The molecule has 3 heterocycles. The first kappa shape index (κ1) is 14.5. The molecule has 2 aromatic heterocycles. The molecule has 20 heavy (non-hydrogen) atoms. The second-order valence-electron chi connectivity index (χ2n) is 4.59. The van der Waals surface area contributed by atoms with Crippen molar-refractivity contribution in [2.75, 3.05) is 31.1 Å². The molecule has 0 spiro atoms. The summed E-state index contributed by atoms with van der Waals surface area (Å²) in [7, 11) is 1.97. The summed E-state index contributed by atoms with van der Waals surface area (Å²) in [6.07, 6.45) is 5.24. The molecule has 0 atom stereocenters. The summed E-state index contributed by atoms with van der Waals surface area (Å²) < 4.78 is 7.14. The molecule has 0 saturated carbocycles. The van der Waals surface area contributed by atoms with Crippen LogP contribution >= 0.6 is 12.4 Å². The van der Waals surface area contributed by atoms with E-state index in [2.05, 4.69) is 9.88 Å². The van der Waals surface area contributed by atoms with Crippen molar-refractivity contribution in [2.45, 2.75) is 0 Å². The van der Waals surface area contributed by atoms with Gasteiger partial charge in [-0.2, -0.15) is 0 Å². The van der Waals surface area contributed by atoms with Gasteiger partial charge in [-0.3, -0.25) is 4.79 Å². The zero-order valence-corrected chi connectivity index (χ0v) is 12.0. The van der Waals surface area contributed by atoms with Gasteiger partial charge in [0.15, 0.2) is 5.76 Å². The Kier molecular flexibility index (Phi) is 4.34. The number of carbonyl (C=O) groups is 1. The molecule has 2 aromatic rings. The van der Waals surface area contributed by atoms with E-state index in [0.717, 1.165) is 19.0 Å². The fourth-order valence-electron chi connectivity index (χ4n) is 2.33. The first-order chi connectivity index (χ1) is 9.25. The Hall–Kier alpha value is -1.95. The molecular formula is C13H17ClN4O2. The lowest BCUT2D eigenvalue weighted by atomic mass is 10.3. The number of halogens is 1. The number of aryl methyl sites for hydroxylation is 1. The fraction of sp³-hybridized carbons (Fsp3) is 0.385. The molecule has 0 aromatic carbocycles. The number of piperazine rings is 1. The summed E-state index contributed by atoms with van der Waals surface area (Å²) in [5.74, 6) is 1.32. The summed E-state index contributed by atoms with van der Waals surface area (Å²) in [6, 6.07) is 3.44. The molecule has 0 N–H and O–H groups in total. The summed E-state index contributed by atoms with van der Waals surface area (Å²) in [5, 5.41) is 0. The van der Waals surface area contributed by atoms with Crippen LogP contribution in [-0.4, -0.2) is 46.5 Å². The normalized spacial score (nSPS) is 15.1. The Balaban J connectivity index is 0.00000147. The van der Waals surface area contributed by atoms with E-state index in [1.165, 1.54) is 6.26 Å². The van der Waals surface area contributed by atoms with E-state index in [4.69, 9.17) is 4.42 Å². The zero-order valence-electron chi connectivity index (χ0n) is 11.2. The van der Waals surface area contributed by atoms with Gasteiger partial charge in [0.1, 0.15) is 0 Å². The molecular weight excluding hydrogens is 280 g/mol. The van der Waals surface area contributed by atoms with Crippen LogP contribution in [0.25, 0.3) is 0 Å². The maximum Gasteiger partial charge on any atom is 0.289 e. The van der Waals surface area contributed by atoms with Gasteiger partial charge in [0.2, 0.25) is 5.95 Å². The first-order valence-electron chi connectivity index (χ1n) is 6.31. The van der Waals surface area contributed by atoms with E-state index in [9.17, 15) is 4.79 Å². The quantitative estimate of drug-likeness (QED) is 0.840. The third-order valence-corrected chi connectivity index (χ3v) is 3.38. The molecule has 0 bridgehead atoms. The number of hydrogen-bond donors (Lipinski definition) is 0. The van der Waals surface area contributed by atoms with Crippen molar-refractivity contribution < 1.29 is 9.21 Å². The van der Waals surface area contributed by atoms with Crippen LogP contribution < -0.4 is 4.90 Å². The molecule has 1 saturated heterocycles. The van der Waals surface area contributed by atoms with E-state index in [-0.39, 0.29) is 18.3 Å². The predicted molar refractivity (Wildman–Crippen MR) is 77.3 cm³/mol. The molecule has 6 nitrogen and oxygen atoms in total. The monoisotopic (exact) mass is 296 g/mol. The lowest BCUT2D eigenvalue weighted by Gasteiger charge is -2.34. The van der Waals surface area contributed by atoms with Gasteiger partial charge in [-0.05, 0) is 12.1 Å². The second kappa shape index (κ2) is 6.00. The van der Waals surface area contributed by atoms with E-state index in [1.807, 2.05) is 22.7 Å². The minimum Gasteiger partial charge on any atom is -0.459 e. The number of amides is 1. The standard InChI is InChI=1S/C13H16N4O2.ClH/c1-15-5-4-14-13(15)17-8-6-16(7-9-17)12(18)11-3-2-10-19-11;/h2-5,10H,6-9H2,1H3;1H. The lowest BCUT2D eigenvalue weighted by molar-refractivity contribution is 0.0714. The van der Waals surface area contributed by atoms with Crippen molar-refractivity contribution in [2.24, 2.45) is 7.05 Å². The number of carbonyl (C=O) groups excluding carboxylic acids is 1. The highest BCUT2D eigenvalue weighted by molar-refractivity contribution is 5.91. The van der Waals surface area contributed by atoms with Gasteiger partial charge in [-0.25, -0.2) is 4.98 Å². The molecule has 0 radical (unpaired) electrons. The molecule has 0 unspecified atom stereocenters. The minimum atomic E-state index is -0.0375. The number of rotatable bonds is 2. The number of furan rings is 1. The summed E-state index contributed by atoms with van der Waals surface area (Å²) in [5.41, 5.74) is 0. The highest BCUT2D eigenvalue weighted by Gasteiger charge is 2.24. The van der Waals surface area contributed by atoms with Gasteiger partial charge >= 0.3 is 0 Å². The third-order valence-electron chi connectivity index (χ3n) is 3.38. The van der Waals surface area contributed by atoms with Crippen LogP contribution in [0.5, 0.6) is 0 Å². The molecule has 1 fully saturated rings. The largest absolute Gasteiger partial charge is 0.459 e. The summed E-state index contributed by atoms with van der Waals surface area (Å²) >= 11 is 0. The Morgan fingerprint density at radius 2 is 2.05 bits per heavy atom. The molecule has 3 rings (SSSR count). The maximum absolute atomic E-state index is 12.1. The Labute approximate surface area is 123 Å². The number of imidazole rings is 1. The summed E-state index contributed by atoms with van der Waals surface area (Å²) in [6.45, 7) is 2.95. The van der Waals surface area contributed by atoms with Crippen LogP contribution in [0.4, 0.5) is 5.95 Å². The Morgan fingerprint density at radius 3 is 2.60 bits per heavy atom. The van der Waals surface area contributed by atoms with Crippen molar-refractivity contribution in [1.29, 1.82) is 0 Å². The van der Waals surface area contributed by atoms with Crippen LogP contribution in [0.3, 0.4) is 0 Å². The van der Waals surface area contributed by atoms with Crippen molar-refractivity contribution in [3.63, 3.8) is 0 Å². The molecule has 1 aliphatic rings. The smallest absolute Gasteiger partial charge is 0.289 e. The third kappa shape index (κ3) is 2.65. The number of aromatic nitrogens is 2. The molecule has 1 aliphatic heterocycles. The van der Waals surface area contributed by atoms with Crippen molar-refractivity contribution >= 4 is 24.3 Å². The van der Waals surface area contributed by atoms with Crippen molar-refractivity contribution in [3.05, 3.63) is 36.5 Å². The zero-order chi connectivity index (χ0) is 13.2. The molecule has 7 heteroatoms. The van der Waals surface area contributed by atoms with Crippen LogP contribution in [0.1, 0.15) is 10.6 Å². The van der Waals surface area contributed by atoms with E-state index >= 15 is 0 Å². The van der Waals surface area contributed by atoms with Gasteiger partial charge in [0.25, 0.3) is 5.91 Å². The van der Waals surface area contributed by atoms with Crippen LogP contribution in [0.2, 0.25) is 0 Å². The Morgan fingerprint density at radius 1 is 1.30 bits per heavy atom. The SMILES string of the molecule is Cl.Cn1ccnc1N1CCN(C(=O)c2ccco2)CC1. The molecule has 108 valence electrons. The van der Waals surface area contributed by atoms with Gasteiger partial charge < -0.3 is 18.8 Å². The average molecular weight is 297 g/mol. The van der Waals surface area contributed by atoms with Crippen LogP contribution in [0.15, 0.2) is 35.2 Å². The van der Waals surface area contributed by atoms with E-state index in [1.54, 1.807) is 18.3 Å². The van der Waals surface area contributed by atoms with Crippen LogP contribution in [-0.2, 0) is 7.05 Å². The molecule has 0 aliphatic carbocycles. The summed E-state index contributed by atoms with van der Waals surface area (Å²) in [4.78, 5) is 20.4. The van der Waals surface area contributed by atoms with Gasteiger partial charge in [0.05, 0.1) is 6.26 Å². The fourth-order valence-corrected chi connectivity index (χ4v) is 2.33. The Bertz CT molecular complexity index is 559. The minimum absolute atomic E-state index is 0. The number of hydrogen-bond acceptors (Lipinski definition) is 4.